The zero-order chi connectivity index (χ0) is 28.3. The zero-order valence-electron chi connectivity index (χ0n) is 25.1. The van der Waals surface area contributed by atoms with Crippen LogP contribution in [0, 0.1) is 45.3 Å². The van der Waals surface area contributed by atoms with Crippen LogP contribution in [0.4, 0.5) is 0 Å². The molecule has 0 saturated heterocycles. The molecule has 0 spiro atoms. The molecule has 6 heteroatoms. The number of hydrogen-bond acceptors (Lipinski definition) is 6. The van der Waals surface area contributed by atoms with E-state index in [-0.39, 0.29) is 46.4 Å². The van der Waals surface area contributed by atoms with Crippen molar-refractivity contribution >= 4 is 17.7 Å². The van der Waals surface area contributed by atoms with E-state index < -0.39 is 24.1 Å². The summed E-state index contributed by atoms with van der Waals surface area (Å²) in [5.41, 5.74) is 0.120. The summed E-state index contributed by atoms with van der Waals surface area (Å²) in [6.45, 7) is 16.7. The third kappa shape index (κ3) is 4.75. The van der Waals surface area contributed by atoms with Crippen LogP contribution in [-0.4, -0.2) is 41.1 Å². The van der Waals surface area contributed by atoms with Crippen molar-refractivity contribution in [2.75, 3.05) is 0 Å². The van der Waals surface area contributed by atoms with Gasteiger partial charge in [0.05, 0.1) is 18.4 Å². The number of rotatable bonds is 6. The van der Waals surface area contributed by atoms with E-state index in [1.807, 2.05) is 0 Å². The van der Waals surface area contributed by atoms with Crippen LogP contribution < -0.4 is 0 Å². The number of aliphatic hydroxyl groups excluding tert-OH is 1. The highest BCUT2D eigenvalue weighted by atomic mass is 16.5. The molecule has 1 unspecified atom stereocenters. The van der Waals surface area contributed by atoms with Crippen LogP contribution in [0.2, 0.25) is 0 Å². The van der Waals surface area contributed by atoms with Crippen molar-refractivity contribution in [2.24, 2.45) is 45.3 Å². The van der Waals surface area contributed by atoms with Crippen molar-refractivity contribution in [3.8, 4) is 0 Å². The first kappa shape index (κ1) is 29.6. The third-order valence-corrected chi connectivity index (χ3v) is 12.4. The number of ether oxygens (including phenoxy) is 2. The maximum Gasteiger partial charge on any atom is 0.308 e. The lowest BCUT2D eigenvalue weighted by Crippen LogP contribution is -2.67. The van der Waals surface area contributed by atoms with Gasteiger partial charge in [-0.15, -0.1) is 0 Å². The monoisotopic (exact) mass is 532 g/mol. The van der Waals surface area contributed by atoms with Crippen molar-refractivity contribution < 1.29 is 29.0 Å². The molecule has 4 fully saturated rings. The van der Waals surface area contributed by atoms with Gasteiger partial charge in [-0.3, -0.25) is 14.4 Å². The van der Waals surface area contributed by atoms with Crippen LogP contribution in [0.5, 0.6) is 0 Å². The molecule has 0 aliphatic heterocycles. The first-order valence-corrected chi connectivity index (χ1v) is 15.2. The van der Waals surface area contributed by atoms with Gasteiger partial charge in [-0.05, 0) is 92.8 Å². The second-order valence-electron chi connectivity index (χ2n) is 14.6. The molecule has 0 radical (unpaired) electrons. The van der Waals surface area contributed by atoms with Crippen molar-refractivity contribution in [3.05, 3.63) is 0 Å². The highest BCUT2D eigenvalue weighted by Crippen LogP contribution is 2.73. The van der Waals surface area contributed by atoms with Crippen LogP contribution in [0.1, 0.15) is 120 Å². The number of fused-ring (bicyclic) bond motifs is 5. The van der Waals surface area contributed by atoms with Gasteiger partial charge in [-0.2, -0.15) is 0 Å². The number of hydrogen-bond donors (Lipinski definition) is 1. The molecular formula is C32H52O6. The van der Waals surface area contributed by atoms with Gasteiger partial charge >= 0.3 is 11.9 Å². The molecule has 0 bridgehead atoms. The van der Waals surface area contributed by atoms with Gasteiger partial charge in [-0.1, -0.05) is 47.5 Å². The lowest BCUT2D eigenvalue weighted by molar-refractivity contribution is -0.252. The Labute approximate surface area is 230 Å². The normalized spacial score (nSPS) is 47.1. The standard InChI is InChI=1S/C32H52O6/c1-9-29(5)12-10-13-30(6)24(29)11-14-31(7)25-16-23(38-28(36)15-19(2)33)22(20(3)34)18-32(25,8)27(17-26(30)31)37-21(4)35/h19,22-27,33H,9-18H2,1-8H3/t19?,22-,23+,24+,25+,26-,27+,29+,30+,31+,32-/m1/s1. The summed E-state index contributed by atoms with van der Waals surface area (Å²) in [7, 11) is 0. The molecular weight excluding hydrogens is 480 g/mol. The Hall–Kier alpha value is -1.43. The van der Waals surface area contributed by atoms with Crippen LogP contribution in [0.25, 0.3) is 0 Å². The average molecular weight is 533 g/mol. The lowest BCUT2D eigenvalue weighted by Gasteiger charge is -2.71. The van der Waals surface area contributed by atoms with Crippen molar-refractivity contribution in [2.45, 2.75) is 138 Å². The first-order chi connectivity index (χ1) is 17.6. The molecule has 11 atom stereocenters. The van der Waals surface area contributed by atoms with Crippen LogP contribution in [-0.2, 0) is 23.9 Å². The highest BCUT2D eigenvalue weighted by molar-refractivity contribution is 5.80. The predicted octanol–water partition coefficient (Wildman–Crippen LogP) is 6.27. The molecule has 4 saturated carbocycles. The number of esters is 2. The number of aliphatic hydroxyl groups is 1. The summed E-state index contributed by atoms with van der Waals surface area (Å²) in [4.78, 5) is 38.0. The van der Waals surface area contributed by atoms with Crippen LogP contribution in [0.3, 0.4) is 0 Å². The molecule has 0 aromatic rings. The smallest absolute Gasteiger partial charge is 0.308 e. The van der Waals surface area contributed by atoms with E-state index >= 15 is 0 Å². The largest absolute Gasteiger partial charge is 0.462 e. The molecule has 4 rings (SSSR count). The summed E-state index contributed by atoms with van der Waals surface area (Å²) in [6.07, 6.45) is 7.57. The van der Waals surface area contributed by atoms with Crippen LogP contribution >= 0.6 is 0 Å². The van der Waals surface area contributed by atoms with E-state index in [2.05, 4.69) is 34.6 Å². The van der Waals surface area contributed by atoms with E-state index in [9.17, 15) is 19.5 Å². The second kappa shape index (κ2) is 10.2. The Bertz CT molecular complexity index is 944. The molecule has 0 amide bonds. The Morgan fingerprint density at radius 2 is 1.53 bits per heavy atom. The Kier molecular flexibility index (Phi) is 7.93. The van der Waals surface area contributed by atoms with E-state index in [1.165, 1.54) is 39.0 Å². The number of carbonyl (C=O) groups excluding carboxylic acids is 3. The molecule has 4 aliphatic carbocycles. The molecule has 216 valence electrons. The molecule has 6 nitrogen and oxygen atoms in total. The Morgan fingerprint density at radius 1 is 0.895 bits per heavy atom. The van der Waals surface area contributed by atoms with Crippen LogP contribution in [0.15, 0.2) is 0 Å². The second-order valence-corrected chi connectivity index (χ2v) is 14.6. The zero-order valence-corrected chi connectivity index (χ0v) is 25.1. The molecule has 0 aromatic heterocycles. The Balaban J connectivity index is 1.77. The summed E-state index contributed by atoms with van der Waals surface area (Å²) in [5, 5.41) is 9.75. The predicted molar refractivity (Wildman–Crippen MR) is 146 cm³/mol. The molecule has 38 heavy (non-hydrogen) atoms. The van der Waals surface area contributed by atoms with Gasteiger partial charge in [0.1, 0.15) is 18.0 Å². The minimum absolute atomic E-state index is 0.000667. The molecule has 1 N–H and O–H groups in total. The van der Waals surface area contributed by atoms with E-state index in [4.69, 9.17) is 9.47 Å². The van der Waals surface area contributed by atoms with Gasteiger partial charge < -0.3 is 14.6 Å². The number of ketones is 1. The summed E-state index contributed by atoms with van der Waals surface area (Å²) < 4.78 is 12.1. The van der Waals surface area contributed by atoms with Gasteiger partial charge in [0.25, 0.3) is 0 Å². The molecule has 0 heterocycles. The van der Waals surface area contributed by atoms with Gasteiger partial charge in [0.15, 0.2) is 0 Å². The molecule has 4 aliphatic rings. The van der Waals surface area contributed by atoms with E-state index in [0.717, 1.165) is 12.8 Å². The number of Topliss-reactive ketones (excluding diaryl/α,β-unsaturated/α-hetero) is 1. The fourth-order valence-corrected chi connectivity index (χ4v) is 10.5. The maximum atomic E-state index is 12.9. The first-order valence-electron chi connectivity index (χ1n) is 15.2. The third-order valence-electron chi connectivity index (χ3n) is 12.4. The quantitative estimate of drug-likeness (QED) is 0.406. The van der Waals surface area contributed by atoms with Crippen molar-refractivity contribution in [3.63, 3.8) is 0 Å². The van der Waals surface area contributed by atoms with E-state index in [0.29, 0.717) is 30.1 Å². The fraction of sp³-hybridized carbons (Fsp3) is 0.906. The lowest BCUT2D eigenvalue weighted by atomic mass is 9.34. The van der Waals surface area contributed by atoms with Gasteiger partial charge in [0.2, 0.25) is 0 Å². The summed E-state index contributed by atoms with van der Waals surface area (Å²) in [6, 6.07) is 0. The maximum absolute atomic E-state index is 12.9. The SMILES string of the molecule is CC[C@@]1(C)CCC[C@]2(C)[C@H]3C[C@H](OC(C)=O)[C@]4(C)C[C@H](C(C)=O)[C@@H](OC(=O)CC(C)O)C[C@H]4[C@]3(C)CC[C@@H]12. The Morgan fingerprint density at radius 3 is 2.11 bits per heavy atom. The van der Waals surface area contributed by atoms with Gasteiger partial charge in [-0.25, -0.2) is 0 Å². The topological polar surface area (TPSA) is 89.9 Å². The summed E-state index contributed by atoms with van der Waals surface area (Å²) in [5.74, 6) is 0.0593. The number of carbonyl (C=O) groups is 3. The minimum Gasteiger partial charge on any atom is -0.462 e. The van der Waals surface area contributed by atoms with Crippen molar-refractivity contribution in [1.29, 1.82) is 0 Å². The highest BCUT2D eigenvalue weighted by Gasteiger charge is 2.69. The average Bonchev–Trinajstić information content (AvgIpc) is 2.80. The van der Waals surface area contributed by atoms with Crippen molar-refractivity contribution in [1.82, 2.24) is 0 Å². The molecule has 0 aromatic carbocycles. The fourth-order valence-electron chi connectivity index (χ4n) is 10.5. The van der Waals surface area contributed by atoms with Gasteiger partial charge in [0, 0.05) is 12.3 Å². The minimum atomic E-state index is -0.786. The van der Waals surface area contributed by atoms with E-state index in [1.54, 1.807) is 13.8 Å². The summed E-state index contributed by atoms with van der Waals surface area (Å²) >= 11 is 0.